The van der Waals surface area contributed by atoms with E-state index in [0.29, 0.717) is 5.69 Å². The van der Waals surface area contributed by atoms with Gasteiger partial charge in [0.25, 0.3) is 5.91 Å². The van der Waals surface area contributed by atoms with Crippen LogP contribution in [0, 0.1) is 6.92 Å². The van der Waals surface area contributed by atoms with Gasteiger partial charge < -0.3 is 10.6 Å². The van der Waals surface area contributed by atoms with Crippen molar-refractivity contribution in [2.45, 2.75) is 19.8 Å². The summed E-state index contributed by atoms with van der Waals surface area (Å²) in [5, 5.41) is 6.23. The Morgan fingerprint density at radius 2 is 1.73 bits per heavy atom. The molecule has 2 N–H and O–H groups in total. The zero-order valence-electron chi connectivity index (χ0n) is 14.9. The van der Waals surface area contributed by atoms with Crippen LogP contribution in [-0.4, -0.2) is 17.4 Å². The number of benzene rings is 2. The van der Waals surface area contributed by atoms with E-state index in [1.807, 2.05) is 43.3 Å². The molecule has 2 aromatic carbocycles. The van der Waals surface area contributed by atoms with Gasteiger partial charge in [-0.25, -0.2) is 0 Å². The first-order valence-corrected chi connectivity index (χ1v) is 8.82. The molecule has 1 heterocycles. The number of hydrogen-bond donors (Lipinski definition) is 2. The second-order valence-corrected chi connectivity index (χ2v) is 6.27. The smallest absolute Gasteiger partial charge is 0.274 e. The summed E-state index contributed by atoms with van der Waals surface area (Å²) in [7, 11) is 0. The molecule has 4 heteroatoms. The van der Waals surface area contributed by atoms with Crippen LogP contribution in [-0.2, 0) is 6.42 Å². The van der Waals surface area contributed by atoms with Crippen LogP contribution in [0.15, 0.2) is 72.9 Å². The Balaban J connectivity index is 1.52. The van der Waals surface area contributed by atoms with Crippen molar-refractivity contribution >= 4 is 17.3 Å². The van der Waals surface area contributed by atoms with Crippen molar-refractivity contribution in [3.63, 3.8) is 0 Å². The van der Waals surface area contributed by atoms with E-state index < -0.39 is 0 Å². The molecule has 0 aliphatic rings. The first-order valence-electron chi connectivity index (χ1n) is 8.82. The molecule has 0 radical (unpaired) electrons. The zero-order valence-corrected chi connectivity index (χ0v) is 14.9. The third-order valence-corrected chi connectivity index (χ3v) is 4.12. The molecular formula is C22H23N3O. The Morgan fingerprint density at radius 1 is 0.962 bits per heavy atom. The van der Waals surface area contributed by atoms with Crippen LogP contribution in [0.4, 0.5) is 11.4 Å². The molecule has 0 saturated heterocycles. The molecule has 1 aromatic heterocycles. The molecule has 26 heavy (non-hydrogen) atoms. The maximum atomic E-state index is 12.4. The quantitative estimate of drug-likeness (QED) is 0.611. The topological polar surface area (TPSA) is 54.0 Å². The van der Waals surface area contributed by atoms with Crippen LogP contribution >= 0.6 is 0 Å². The molecule has 3 aromatic rings. The Kier molecular flexibility index (Phi) is 5.99. The van der Waals surface area contributed by atoms with Gasteiger partial charge in [-0.2, -0.15) is 0 Å². The molecule has 0 aliphatic heterocycles. The van der Waals surface area contributed by atoms with E-state index in [-0.39, 0.29) is 5.91 Å². The molecule has 0 unspecified atom stereocenters. The van der Waals surface area contributed by atoms with E-state index >= 15 is 0 Å². The summed E-state index contributed by atoms with van der Waals surface area (Å²) in [5.41, 5.74) is 4.56. The summed E-state index contributed by atoms with van der Waals surface area (Å²) in [6.07, 6.45) is 3.71. The van der Waals surface area contributed by atoms with Crippen molar-refractivity contribution in [2.75, 3.05) is 17.2 Å². The molecule has 0 fully saturated rings. The molecule has 132 valence electrons. The van der Waals surface area contributed by atoms with Crippen LogP contribution in [0.3, 0.4) is 0 Å². The number of carbonyl (C=O) groups is 1. The van der Waals surface area contributed by atoms with Gasteiger partial charge in [0.1, 0.15) is 5.69 Å². The van der Waals surface area contributed by atoms with Crippen molar-refractivity contribution in [1.82, 2.24) is 4.98 Å². The highest BCUT2D eigenvalue weighted by Gasteiger charge is 2.08. The Morgan fingerprint density at radius 3 is 2.50 bits per heavy atom. The first-order chi connectivity index (χ1) is 12.7. The number of aryl methyl sites for hydroxylation is 2. The predicted molar refractivity (Wildman–Crippen MR) is 107 cm³/mol. The number of amides is 1. The summed E-state index contributed by atoms with van der Waals surface area (Å²) in [5.74, 6) is -0.207. The molecule has 0 bridgehead atoms. The van der Waals surface area contributed by atoms with Gasteiger partial charge >= 0.3 is 0 Å². The van der Waals surface area contributed by atoms with E-state index in [9.17, 15) is 4.79 Å². The van der Waals surface area contributed by atoms with Gasteiger partial charge in [0.05, 0.1) is 0 Å². The lowest BCUT2D eigenvalue weighted by molar-refractivity contribution is 0.102. The minimum absolute atomic E-state index is 0.207. The summed E-state index contributed by atoms with van der Waals surface area (Å²) in [6.45, 7) is 2.86. The second-order valence-electron chi connectivity index (χ2n) is 6.27. The minimum Gasteiger partial charge on any atom is -0.385 e. The fraction of sp³-hybridized carbons (Fsp3) is 0.182. The summed E-state index contributed by atoms with van der Waals surface area (Å²) < 4.78 is 0. The number of aromatic nitrogens is 1. The largest absolute Gasteiger partial charge is 0.385 e. The lowest BCUT2D eigenvalue weighted by Gasteiger charge is -2.09. The maximum Gasteiger partial charge on any atom is 0.274 e. The van der Waals surface area contributed by atoms with E-state index in [2.05, 4.69) is 39.9 Å². The average molecular weight is 345 g/mol. The third-order valence-electron chi connectivity index (χ3n) is 4.12. The zero-order chi connectivity index (χ0) is 18.2. The maximum absolute atomic E-state index is 12.4. The number of nitrogens with one attached hydrogen (secondary N) is 2. The van der Waals surface area contributed by atoms with E-state index in [0.717, 1.165) is 36.3 Å². The number of nitrogens with zero attached hydrogens (tertiary/aromatic N) is 1. The fourth-order valence-electron chi connectivity index (χ4n) is 2.67. The highest BCUT2D eigenvalue weighted by Crippen LogP contribution is 2.13. The molecule has 3 rings (SSSR count). The van der Waals surface area contributed by atoms with Gasteiger partial charge in [0, 0.05) is 24.1 Å². The van der Waals surface area contributed by atoms with Crippen LogP contribution in [0.5, 0.6) is 0 Å². The Hall–Kier alpha value is -3.14. The average Bonchev–Trinajstić information content (AvgIpc) is 2.68. The molecule has 0 saturated carbocycles. The summed E-state index contributed by atoms with van der Waals surface area (Å²) >= 11 is 0. The van der Waals surface area contributed by atoms with E-state index in [1.165, 1.54) is 5.56 Å². The number of carbonyl (C=O) groups excluding carboxylic acids is 1. The number of hydrogen-bond acceptors (Lipinski definition) is 3. The molecule has 0 atom stereocenters. The van der Waals surface area contributed by atoms with E-state index in [1.54, 1.807) is 12.3 Å². The minimum atomic E-state index is -0.207. The highest BCUT2D eigenvalue weighted by atomic mass is 16.1. The molecule has 0 aliphatic carbocycles. The van der Waals surface area contributed by atoms with Crippen molar-refractivity contribution in [3.05, 3.63) is 89.7 Å². The monoisotopic (exact) mass is 345 g/mol. The first kappa shape index (κ1) is 17.7. The predicted octanol–water partition coefficient (Wildman–Crippen LogP) is 4.69. The van der Waals surface area contributed by atoms with Crippen LogP contribution in [0.25, 0.3) is 0 Å². The van der Waals surface area contributed by atoms with Gasteiger partial charge in [0.15, 0.2) is 0 Å². The van der Waals surface area contributed by atoms with Crippen LogP contribution in [0.2, 0.25) is 0 Å². The fourth-order valence-corrected chi connectivity index (χ4v) is 2.67. The van der Waals surface area contributed by atoms with Crippen molar-refractivity contribution in [2.24, 2.45) is 0 Å². The van der Waals surface area contributed by atoms with Crippen molar-refractivity contribution in [1.29, 1.82) is 0 Å². The Bertz CT molecular complexity index is 845. The van der Waals surface area contributed by atoms with Gasteiger partial charge in [-0.05, 0) is 49.6 Å². The SMILES string of the molecule is Cc1ccc(NC(=O)c2cc(NCCCc3ccccc3)ccn2)cc1. The highest BCUT2D eigenvalue weighted by molar-refractivity contribution is 6.03. The molecular weight excluding hydrogens is 322 g/mol. The number of rotatable bonds is 7. The van der Waals surface area contributed by atoms with E-state index in [4.69, 9.17) is 0 Å². The molecule has 0 spiro atoms. The number of pyridine rings is 1. The van der Waals surface area contributed by atoms with Crippen LogP contribution < -0.4 is 10.6 Å². The lowest BCUT2D eigenvalue weighted by atomic mass is 10.1. The Labute approximate surface area is 154 Å². The third kappa shape index (κ3) is 5.18. The number of anilines is 2. The normalized spacial score (nSPS) is 10.3. The van der Waals surface area contributed by atoms with Crippen LogP contribution in [0.1, 0.15) is 28.0 Å². The van der Waals surface area contributed by atoms with Crippen molar-refractivity contribution in [3.8, 4) is 0 Å². The van der Waals surface area contributed by atoms with Gasteiger partial charge in [0.2, 0.25) is 0 Å². The molecule has 4 nitrogen and oxygen atoms in total. The second kappa shape index (κ2) is 8.81. The summed E-state index contributed by atoms with van der Waals surface area (Å²) in [4.78, 5) is 16.5. The summed E-state index contributed by atoms with van der Waals surface area (Å²) in [6, 6.07) is 21.8. The standard InChI is InChI=1S/C22H23N3O/c1-17-9-11-19(12-10-17)25-22(26)21-16-20(13-15-24-21)23-14-5-8-18-6-3-2-4-7-18/h2-4,6-7,9-13,15-16H,5,8,14H2,1H3,(H,23,24)(H,25,26). The van der Waals surface area contributed by atoms with Gasteiger partial charge in [-0.15, -0.1) is 0 Å². The lowest BCUT2D eigenvalue weighted by Crippen LogP contribution is -2.14. The van der Waals surface area contributed by atoms with Crippen molar-refractivity contribution < 1.29 is 4.79 Å². The van der Waals surface area contributed by atoms with Gasteiger partial charge in [-0.3, -0.25) is 9.78 Å². The molecule has 1 amide bonds. The van der Waals surface area contributed by atoms with Gasteiger partial charge in [-0.1, -0.05) is 48.0 Å².